The summed E-state index contributed by atoms with van der Waals surface area (Å²) in [5, 5.41) is 4.50. The second-order valence-electron chi connectivity index (χ2n) is 8.22. The fourth-order valence-electron chi connectivity index (χ4n) is 4.59. The Morgan fingerprint density at radius 3 is 2.74 bits per heavy atom. The second-order valence-corrected chi connectivity index (χ2v) is 8.22. The number of piperidine rings is 1. The van der Waals surface area contributed by atoms with E-state index in [4.69, 9.17) is 9.47 Å². The highest BCUT2D eigenvalue weighted by Gasteiger charge is 2.26. The Hall–Kier alpha value is -2.92. The molecule has 5 nitrogen and oxygen atoms in total. The number of nitrogens with zero attached hydrogens (tertiary/aromatic N) is 1. The molecule has 1 aliphatic heterocycles. The van der Waals surface area contributed by atoms with Crippen molar-refractivity contribution in [3.63, 3.8) is 0 Å². The molecule has 0 bridgehead atoms. The van der Waals surface area contributed by atoms with Crippen molar-refractivity contribution in [1.29, 1.82) is 0 Å². The lowest BCUT2D eigenvalue weighted by Gasteiger charge is -2.31. The molecule has 1 atom stereocenters. The lowest BCUT2D eigenvalue weighted by molar-refractivity contribution is 0.0600. The molecule has 0 amide bonds. The van der Waals surface area contributed by atoms with Crippen LogP contribution in [0.3, 0.4) is 0 Å². The lowest BCUT2D eigenvalue weighted by atomic mass is 9.78. The predicted molar refractivity (Wildman–Crippen MR) is 123 cm³/mol. The van der Waals surface area contributed by atoms with Crippen LogP contribution in [0.1, 0.15) is 46.8 Å². The number of hydrogen-bond donors (Lipinski definition) is 1. The maximum Gasteiger partial charge on any atom is 0.337 e. The molecule has 1 aliphatic rings. The highest BCUT2D eigenvalue weighted by Crippen LogP contribution is 2.35. The molecule has 5 heteroatoms. The molecule has 3 aromatic rings. The first-order valence-corrected chi connectivity index (χ1v) is 11.0. The molecule has 4 rings (SSSR count). The largest absolute Gasteiger partial charge is 0.493 e. The zero-order chi connectivity index (χ0) is 21.6. The van der Waals surface area contributed by atoms with Gasteiger partial charge in [0.1, 0.15) is 5.75 Å². The molecule has 2 heterocycles. The minimum absolute atomic E-state index is 0.291. The third-order valence-corrected chi connectivity index (χ3v) is 6.21. The quantitative estimate of drug-likeness (QED) is 0.554. The molecule has 1 fully saturated rings. The number of nitrogens with one attached hydrogen (secondary N) is 1. The van der Waals surface area contributed by atoms with Crippen molar-refractivity contribution >= 4 is 16.9 Å². The Balaban J connectivity index is 1.53. The zero-order valence-corrected chi connectivity index (χ0v) is 18.3. The van der Waals surface area contributed by atoms with Gasteiger partial charge in [0.05, 0.1) is 24.8 Å². The van der Waals surface area contributed by atoms with E-state index in [1.54, 1.807) is 0 Å². The van der Waals surface area contributed by atoms with Crippen LogP contribution in [-0.2, 0) is 4.74 Å². The van der Waals surface area contributed by atoms with Crippen molar-refractivity contribution in [2.24, 2.45) is 5.92 Å². The number of ether oxygens (including phenoxy) is 2. The number of carbonyl (C=O) groups excluding carboxylic acids is 1. The van der Waals surface area contributed by atoms with E-state index in [1.165, 1.54) is 12.7 Å². The fourth-order valence-corrected chi connectivity index (χ4v) is 4.59. The number of carbonyl (C=O) groups is 1. The molecule has 1 N–H and O–H groups in total. The maximum atomic E-state index is 12.0. The Labute approximate surface area is 183 Å². The van der Waals surface area contributed by atoms with E-state index in [-0.39, 0.29) is 5.97 Å². The summed E-state index contributed by atoms with van der Waals surface area (Å²) in [5.41, 5.74) is 3.75. The van der Waals surface area contributed by atoms with E-state index in [0.29, 0.717) is 24.0 Å². The second kappa shape index (κ2) is 9.92. The van der Waals surface area contributed by atoms with E-state index < -0.39 is 0 Å². The number of benzene rings is 2. The number of aromatic nitrogens is 1. The number of pyridine rings is 1. The van der Waals surface area contributed by atoms with E-state index in [2.05, 4.69) is 22.4 Å². The van der Waals surface area contributed by atoms with Gasteiger partial charge in [0, 0.05) is 11.1 Å². The van der Waals surface area contributed by atoms with Gasteiger partial charge in [0.2, 0.25) is 0 Å². The molecular weight excluding hydrogens is 388 g/mol. The van der Waals surface area contributed by atoms with Crippen LogP contribution >= 0.6 is 0 Å². The van der Waals surface area contributed by atoms with Gasteiger partial charge in [-0.25, -0.2) is 4.79 Å². The minimum Gasteiger partial charge on any atom is -0.493 e. The highest BCUT2D eigenvalue weighted by molar-refractivity contribution is 5.89. The van der Waals surface area contributed by atoms with Crippen LogP contribution in [0.15, 0.2) is 54.6 Å². The van der Waals surface area contributed by atoms with Crippen LogP contribution in [0.5, 0.6) is 5.75 Å². The summed E-state index contributed by atoms with van der Waals surface area (Å²) in [6.45, 7) is 4.68. The van der Waals surface area contributed by atoms with Crippen molar-refractivity contribution in [3.05, 3.63) is 71.4 Å². The molecule has 0 radical (unpaired) electrons. The third kappa shape index (κ3) is 5.05. The summed E-state index contributed by atoms with van der Waals surface area (Å²) in [7, 11) is 1.42. The maximum absolute atomic E-state index is 12.0. The number of aryl methyl sites for hydroxylation is 1. The van der Waals surface area contributed by atoms with Crippen LogP contribution in [0, 0.1) is 12.8 Å². The molecule has 0 aliphatic carbocycles. The van der Waals surface area contributed by atoms with Crippen LogP contribution < -0.4 is 10.1 Å². The highest BCUT2D eigenvalue weighted by atomic mass is 16.5. The average Bonchev–Trinajstić information content (AvgIpc) is 2.81. The molecule has 1 unspecified atom stereocenters. The van der Waals surface area contributed by atoms with Crippen molar-refractivity contribution in [1.82, 2.24) is 10.3 Å². The van der Waals surface area contributed by atoms with Crippen LogP contribution in [0.2, 0.25) is 0 Å². The first kappa shape index (κ1) is 21.3. The summed E-state index contributed by atoms with van der Waals surface area (Å²) in [6, 6.07) is 18.0. The smallest absolute Gasteiger partial charge is 0.337 e. The van der Waals surface area contributed by atoms with Gasteiger partial charge < -0.3 is 14.8 Å². The standard InChI is InChI=1S/C26H30N2O3/c1-18-9-10-23-24(28-18)7-4-8-25(23)31-16-13-22(19-11-14-27-15-12-19)20-5-3-6-21(17-20)26(29)30-2/h3-10,17,19,22,27H,11-16H2,1-2H3. The third-order valence-electron chi connectivity index (χ3n) is 6.21. The first-order valence-electron chi connectivity index (χ1n) is 11.0. The first-order chi connectivity index (χ1) is 15.2. The van der Waals surface area contributed by atoms with Crippen LogP contribution in [0.4, 0.5) is 0 Å². The summed E-state index contributed by atoms with van der Waals surface area (Å²) in [5.74, 6) is 1.48. The number of methoxy groups -OCH3 is 1. The molecular formula is C26H30N2O3. The number of esters is 1. The Bertz CT molecular complexity index is 1040. The Kier molecular flexibility index (Phi) is 6.82. The van der Waals surface area contributed by atoms with Gasteiger partial charge in [-0.1, -0.05) is 18.2 Å². The Morgan fingerprint density at radius 2 is 1.94 bits per heavy atom. The SMILES string of the molecule is COC(=O)c1cccc(C(CCOc2cccc3nc(C)ccc23)C2CCNCC2)c1. The van der Waals surface area contributed by atoms with Gasteiger partial charge in [-0.05, 0) is 93.1 Å². The molecule has 31 heavy (non-hydrogen) atoms. The van der Waals surface area contributed by atoms with Crippen LogP contribution in [0.25, 0.3) is 10.9 Å². The van der Waals surface area contributed by atoms with Crippen molar-refractivity contribution in [2.45, 2.75) is 32.1 Å². The normalized spacial score (nSPS) is 15.5. The minimum atomic E-state index is -0.291. The summed E-state index contributed by atoms with van der Waals surface area (Å²) < 4.78 is 11.2. The number of rotatable bonds is 7. The van der Waals surface area contributed by atoms with Gasteiger partial charge in [-0.15, -0.1) is 0 Å². The van der Waals surface area contributed by atoms with Gasteiger partial charge in [-0.3, -0.25) is 4.98 Å². The van der Waals surface area contributed by atoms with Gasteiger partial charge in [-0.2, -0.15) is 0 Å². The summed E-state index contributed by atoms with van der Waals surface area (Å²) >= 11 is 0. The molecule has 0 saturated carbocycles. The Morgan fingerprint density at radius 1 is 1.13 bits per heavy atom. The van der Waals surface area contributed by atoms with E-state index in [1.807, 2.05) is 49.4 Å². The predicted octanol–water partition coefficient (Wildman–Crippen LogP) is 4.88. The summed E-state index contributed by atoms with van der Waals surface area (Å²) in [4.78, 5) is 16.7. The van der Waals surface area contributed by atoms with Crippen LogP contribution in [-0.4, -0.2) is 37.8 Å². The molecule has 162 valence electrons. The van der Waals surface area contributed by atoms with Gasteiger partial charge in [0.25, 0.3) is 0 Å². The fraction of sp³-hybridized carbons (Fsp3) is 0.385. The van der Waals surface area contributed by atoms with E-state index in [9.17, 15) is 4.79 Å². The van der Waals surface area contributed by atoms with Crippen molar-refractivity contribution in [2.75, 3.05) is 26.8 Å². The lowest BCUT2D eigenvalue weighted by Crippen LogP contribution is -2.31. The summed E-state index contributed by atoms with van der Waals surface area (Å²) in [6.07, 6.45) is 3.15. The van der Waals surface area contributed by atoms with Crippen molar-refractivity contribution in [3.8, 4) is 5.75 Å². The van der Waals surface area contributed by atoms with Crippen molar-refractivity contribution < 1.29 is 14.3 Å². The van der Waals surface area contributed by atoms with E-state index in [0.717, 1.165) is 54.7 Å². The van der Waals surface area contributed by atoms with E-state index >= 15 is 0 Å². The molecule has 0 spiro atoms. The molecule has 2 aromatic carbocycles. The molecule has 1 saturated heterocycles. The van der Waals surface area contributed by atoms with Gasteiger partial charge in [0.15, 0.2) is 0 Å². The zero-order valence-electron chi connectivity index (χ0n) is 18.3. The molecule has 1 aromatic heterocycles. The van der Waals surface area contributed by atoms with Gasteiger partial charge >= 0.3 is 5.97 Å². The monoisotopic (exact) mass is 418 g/mol. The average molecular weight is 419 g/mol. The number of fused-ring (bicyclic) bond motifs is 1. The number of hydrogen-bond acceptors (Lipinski definition) is 5. The topological polar surface area (TPSA) is 60.5 Å².